The maximum Gasteiger partial charge on any atom is 0.245 e. The number of nitrogens with zero attached hydrogens (tertiary/aromatic N) is 4. The highest BCUT2D eigenvalue weighted by Gasteiger charge is 2.38. The lowest BCUT2D eigenvalue weighted by Crippen LogP contribution is -2.59. The third-order valence-electron chi connectivity index (χ3n) is 10.8. The van der Waals surface area contributed by atoms with E-state index in [0.717, 1.165) is 118 Å². The van der Waals surface area contributed by atoms with E-state index in [1.807, 2.05) is 32.6 Å². The zero-order chi connectivity index (χ0) is 46.8. The fourth-order valence-corrected chi connectivity index (χ4v) is 6.96. The Morgan fingerprint density at radius 2 is 0.887 bits per heavy atom. The number of carbonyl (C=O) groups excluding carboxylic acids is 4. The Balaban J connectivity index is 3.06. The van der Waals surface area contributed by atoms with Crippen molar-refractivity contribution < 1.29 is 20.6 Å². The molecule has 1 aliphatic rings. The molecule has 0 saturated carbocycles. The standard InChI is InChI=1S/C43H93N15O4/c1-34(2)32-38(56(8)41(60)37(6)54-40(59)36(5)44)42(61)57(9)39(33-35(3)4)43(62)58-29-27-53-25-23-51-21-19-49-17-15-47-13-11-45-10-12-46-14-16-48-18-20-50-22-24-52-26-28-55(7)30-31-58/h34-39,45-53H,10-33,44H2,1-9H3,(H,54,59)/t36-,37-,38-,39-/m0/s1/i/hD. The van der Waals surface area contributed by atoms with Gasteiger partial charge in [-0.2, -0.15) is 0 Å². The van der Waals surface area contributed by atoms with E-state index in [0.29, 0.717) is 39.0 Å². The fourth-order valence-electron chi connectivity index (χ4n) is 6.96. The van der Waals surface area contributed by atoms with Crippen LogP contribution in [0.25, 0.3) is 0 Å². The van der Waals surface area contributed by atoms with Crippen molar-refractivity contribution in [2.24, 2.45) is 17.6 Å². The number of hydrogen-bond donors (Lipinski definition) is 11. The Kier molecular flexibility index (Phi) is 32.0. The minimum absolute atomic E-state index is 0.0712. The summed E-state index contributed by atoms with van der Waals surface area (Å²) in [5.41, 5.74) is 2.14. The smallest absolute Gasteiger partial charge is 0.245 e. The van der Waals surface area contributed by atoms with Gasteiger partial charge in [-0.3, -0.25) is 19.2 Å². The van der Waals surface area contributed by atoms with Crippen LogP contribution in [0, 0.1) is 11.8 Å². The largest absolute Gasteiger partial charge is 0.343 e. The highest BCUT2D eigenvalue weighted by atomic mass is 16.2. The molecule has 0 aromatic rings. The summed E-state index contributed by atoms with van der Waals surface area (Å²) in [6.45, 7) is 29.5. The molecule has 364 valence electrons. The minimum atomic E-state index is -0.916. The molecule has 19 heteroatoms. The van der Waals surface area contributed by atoms with Crippen molar-refractivity contribution in [3.63, 3.8) is 0 Å². The van der Waals surface area contributed by atoms with E-state index in [4.69, 9.17) is 1.41 Å². The third-order valence-corrected chi connectivity index (χ3v) is 10.8. The zero-order valence-corrected chi connectivity index (χ0v) is 40.4. The predicted octanol–water partition coefficient (Wildman–Crippen LogP) is -3.34. The summed E-state index contributed by atoms with van der Waals surface area (Å²) in [7, 11) is 5.33. The monoisotopic (exact) mass is 885 g/mol. The molecular weight excluding hydrogens is 791 g/mol. The van der Waals surface area contributed by atoms with Crippen LogP contribution in [-0.4, -0.2) is 233 Å². The molecule has 1 saturated heterocycles. The molecule has 0 spiro atoms. The lowest BCUT2D eigenvalue weighted by molar-refractivity contribution is -0.151. The van der Waals surface area contributed by atoms with Gasteiger partial charge in [0.15, 0.2) is 0 Å². The highest BCUT2D eigenvalue weighted by molar-refractivity contribution is 5.94. The van der Waals surface area contributed by atoms with E-state index >= 15 is 0 Å². The predicted molar refractivity (Wildman–Crippen MR) is 253 cm³/mol. The summed E-state index contributed by atoms with van der Waals surface area (Å²) in [5, 5.41) is 34.0. The van der Waals surface area contributed by atoms with Crippen molar-refractivity contribution in [1.82, 2.24) is 72.8 Å². The second kappa shape index (κ2) is 35.7. The zero-order valence-electron chi connectivity index (χ0n) is 41.4. The van der Waals surface area contributed by atoms with E-state index < -0.39 is 36.0 Å². The number of carbonyl (C=O) groups is 4. The Hall–Kier alpha value is -2.56. The summed E-state index contributed by atoms with van der Waals surface area (Å²) in [6.07, 6.45) is 0.851. The molecule has 0 radical (unpaired) electrons. The van der Waals surface area contributed by atoms with Crippen LogP contribution in [0.5, 0.6) is 0 Å². The third kappa shape index (κ3) is 26.9. The molecule has 1 fully saturated rings. The molecule has 1 aliphatic heterocycles. The van der Waals surface area contributed by atoms with Crippen molar-refractivity contribution in [3.8, 4) is 0 Å². The molecule has 1 rings (SSSR count). The van der Waals surface area contributed by atoms with Gasteiger partial charge in [-0.1, -0.05) is 27.7 Å². The Labute approximate surface area is 377 Å². The van der Waals surface area contributed by atoms with Gasteiger partial charge < -0.3 is 78.5 Å². The number of rotatable bonds is 12. The Bertz CT molecular complexity index is 1210. The van der Waals surface area contributed by atoms with Crippen molar-refractivity contribution in [2.75, 3.05) is 165 Å². The Morgan fingerprint density at radius 1 is 0.532 bits per heavy atom. The van der Waals surface area contributed by atoms with E-state index in [-0.39, 0.29) is 23.7 Å². The van der Waals surface area contributed by atoms with Gasteiger partial charge in [0.2, 0.25) is 23.6 Å². The summed E-state index contributed by atoms with van der Waals surface area (Å²) in [5.74, 6) is -1.14. The van der Waals surface area contributed by atoms with Gasteiger partial charge in [0, 0.05) is 158 Å². The van der Waals surface area contributed by atoms with Crippen LogP contribution >= 0.6 is 0 Å². The first kappa shape index (κ1) is 55.6. The second-order valence-corrected chi connectivity index (χ2v) is 17.5. The first-order valence-electron chi connectivity index (χ1n) is 24.1. The molecule has 0 aromatic heterocycles. The van der Waals surface area contributed by atoms with E-state index in [1.54, 1.807) is 25.9 Å². The molecule has 12 N–H and O–H groups in total. The van der Waals surface area contributed by atoms with Crippen LogP contribution in [-0.2, 0) is 19.2 Å². The molecule has 4 amide bonds. The van der Waals surface area contributed by atoms with Crippen LogP contribution < -0.4 is 58.9 Å². The van der Waals surface area contributed by atoms with Gasteiger partial charge in [0.05, 0.1) is 6.04 Å². The van der Waals surface area contributed by atoms with Gasteiger partial charge in [-0.05, 0) is 45.6 Å². The van der Waals surface area contributed by atoms with E-state index in [9.17, 15) is 19.2 Å². The number of nitrogens with one attached hydrogen (secondary N) is 10. The SMILES string of the molecule is [2H]N[C@@H](C)C(=O)N[C@@H](C)C(=O)N(C)[C@@H](CC(C)C)C(=O)N(C)[C@@H](CC(C)C)C(=O)N1CCNCCNCCNCCNCCNCCNCCNCCNCCNCCN(C)CC1. The molecule has 19 nitrogen and oxygen atoms in total. The summed E-state index contributed by atoms with van der Waals surface area (Å²) < 4.78 is 7.31. The van der Waals surface area contributed by atoms with Gasteiger partial charge in [0.1, 0.15) is 19.5 Å². The lowest BCUT2D eigenvalue weighted by Gasteiger charge is -2.38. The Morgan fingerprint density at radius 3 is 1.27 bits per heavy atom. The van der Waals surface area contributed by atoms with E-state index in [1.165, 1.54) is 11.8 Å². The maximum absolute atomic E-state index is 14.7. The molecule has 4 atom stereocenters. The molecule has 0 aromatic carbocycles. The van der Waals surface area contributed by atoms with Crippen LogP contribution in [0.4, 0.5) is 0 Å². The minimum Gasteiger partial charge on any atom is -0.343 e. The lowest BCUT2D eigenvalue weighted by atomic mass is 9.97. The van der Waals surface area contributed by atoms with Crippen LogP contribution in [0.15, 0.2) is 0 Å². The first-order chi connectivity index (χ1) is 30.2. The number of amides is 4. The average molecular weight is 885 g/mol. The quantitative estimate of drug-likeness (QED) is 0.0922. The normalized spacial score (nSPS) is 20.9. The van der Waals surface area contributed by atoms with E-state index in [2.05, 4.69) is 70.8 Å². The van der Waals surface area contributed by atoms with Crippen LogP contribution in [0.3, 0.4) is 0 Å². The fraction of sp³-hybridized carbons (Fsp3) is 0.907. The molecule has 0 aliphatic carbocycles. The average Bonchev–Trinajstić information content (AvgIpc) is 3.25. The van der Waals surface area contributed by atoms with Gasteiger partial charge in [-0.15, -0.1) is 0 Å². The summed E-state index contributed by atoms with van der Waals surface area (Å²) in [6, 6.07) is -3.30. The van der Waals surface area contributed by atoms with Gasteiger partial charge in [0.25, 0.3) is 0 Å². The van der Waals surface area contributed by atoms with Gasteiger partial charge in [-0.25, -0.2) is 0 Å². The number of nitrogens with two attached hydrogens (primary N) is 1. The topological polar surface area (TPSA) is 228 Å². The number of hydrogen-bond acceptors (Lipinski definition) is 15. The van der Waals surface area contributed by atoms with Crippen molar-refractivity contribution >= 4 is 23.6 Å². The molecule has 62 heavy (non-hydrogen) atoms. The van der Waals surface area contributed by atoms with Crippen LogP contribution in [0.1, 0.15) is 54.4 Å². The maximum atomic E-state index is 14.7. The molecule has 0 bridgehead atoms. The summed E-state index contributed by atoms with van der Waals surface area (Å²) >= 11 is 0. The van der Waals surface area contributed by atoms with Crippen molar-refractivity contribution in [2.45, 2.75) is 78.6 Å². The number of likely N-dealkylation sites (N-methyl/N-ethyl adjacent to an activating group) is 3. The second-order valence-electron chi connectivity index (χ2n) is 17.5. The van der Waals surface area contributed by atoms with Gasteiger partial charge >= 0.3 is 0 Å². The van der Waals surface area contributed by atoms with Crippen molar-refractivity contribution in [1.29, 1.82) is 0 Å². The summed E-state index contributed by atoms with van der Waals surface area (Å²) in [4.78, 5) is 62.4. The van der Waals surface area contributed by atoms with Crippen molar-refractivity contribution in [3.05, 3.63) is 0 Å². The highest BCUT2D eigenvalue weighted by Crippen LogP contribution is 2.20. The molecule has 1 heterocycles. The molecular formula is C43H93N15O4. The first-order valence-corrected chi connectivity index (χ1v) is 23.6. The molecule has 0 unspecified atom stereocenters. The van der Waals surface area contributed by atoms with Crippen LogP contribution in [0.2, 0.25) is 1.41 Å².